The van der Waals surface area contributed by atoms with Crippen molar-refractivity contribution in [1.82, 2.24) is 10.6 Å². The van der Waals surface area contributed by atoms with Gasteiger partial charge in [0.15, 0.2) is 0 Å². The van der Waals surface area contributed by atoms with Crippen LogP contribution >= 0.6 is 31.9 Å². The number of benzene rings is 2. The Kier molecular flexibility index (Phi) is 11.5. The first-order chi connectivity index (χ1) is 17.4. The summed E-state index contributed by atoms with van der Waals surface area (Å²) in [6, 6.07) is 10.2. The highest BCUT2D eigenvalue weighted by atomic mass is 79.9. The fourth-order valence-electron chi connectivity index (χ4n) is 4.05. The molecule has 2 N–H and O–H groups in total. The molecule has 1 fully saturated rings. The Hall–Kier alpha value is -2.14. The molecule has 1 saturated carbocycles. The molecule has 2 atom stereocenters. The van der Waals surface area contributed by atoms with E-state index in [0.717, 1.165) is 34.6 Å². The number of halogens is 2. The van der Waals surface area contributed by atoms with Crippen molar-refractivity contribution in [2.45, 2.75) is 37.8 Å². The largest absolute Gasteiger partial charge is 0.490 e. The van der Waals surface area contributed by atoms with Crippen LogP contribution in [0.5, 0.6) is 11.5 Å². The lowest BCUT2D eigenvalue weighted by Crippen LogP contribution is -2.53. The van der Waals surface area contributed by atoms with Crippen LogP contribution in [0.2, 0.25) is 0 Å². The molecular formula is C26H32Br2N2O6. The van der Waals surface area contributed by atoms with Gasteiger partial charge in [-0.1, -0.05) is 44.7 Å². The van der Waals surface area contributed by atoms with Crippen molar-refractivity contribution in [3.05, 3.63) is 56.5 Å². The van der Waals surface area contributed by atoms with Crippen LogP contribution in [-0.2, 0) is 9.47 Å². The number of hydrogen-bond acceptors (Lipinski definition) is 6. The van der Waals surface area contributed by atoms with E-state index in [1.54, 1.807) is 38.5 Å². The fourth-order valence-corrected chi connectivity index (χ4v) is 4.77. The minimum absolute atomic E-state index is 0.217. The predicted octanol–water partition coefficient (Wildman–Crippen LogP) is 4.73. The average molecular weight is 628 g/mol. The molecule has 2 aromatic rings. The number of ether oxygens (including phenoxy) is 4. The predicted molar refractivity (Wildman–Crippen MR) is 144 cm³/mol. The molecule has 1 aliphatic carbocycles. The van der Waals surface area contributed by atoms with E-state index in [2.05, 4.69) is 42.5 Å². The molecular weight excluding hydrogens is 596 g/mol. The van der Waals surface area contributed by atoms with Crippen molar-refractivity contribution < 1.29 is 28.5 Å². The van der Waals surface area contributed by atoms with Crippen molar-refractivity contribution in [3.63, 3.8) is 0 Å². The third-order valence-corrected chi connectivity index (χ3v) is 6.85. The Morgan fingerprint density at radius 1 is 0.750 bits per heavy atom. The third kappa shape index (κ3) is 8.19. The molecule has 3 rings (SSSR count). The zero-order valence-electron chi connectivity index (χ0n) is 20.5. The van der Waals surface area contributed by atoms with Crippen molar-refractivity contribution in [3.8, 4) is 11.5 Å². The summed E-state index contributed by atoms with van der Waals surface area (Å²) >= 11 is 6.87. The van der Waals surface area contributed by atoms with Crippen LogP contribution in [0.15, 0.2) is 45.3 Å². The Balaban J connectivity index is 1.72. The quantitative estimate of drug-likeness (QED) is 0.330. The van der Waals surface area contributed by atoms with E-state index >= 15 is 0 Å². The third-order valence-electron chi connectivity index (χ3n) is 5.86. The lowest BCUT2D eigenvalue weighted by atomic mass is 9.89. The summed E-state index contributed by atoms with van der Waals surface area (Å²) < 4.78 is 23.1. The van der Waals surface area contributed by atoms with E-state index in [1.807, 2.05) is 12.1 Å². The van der Waals surface area contributed by atoms with E-state index in [4.69, 9.17) is 18.9 Å². The van der Waals surface area contributed by atoms with Gasteiger partial charge in [-0.25, -0.2) is 0 Å². The molecule has 8 nitrogen and oxygen atoms in total. The first kappa shape index (κ1) is 28.4. The van der Waals surface area contributed by atoms with Gasteiger partial charge in [0.05, 0.1) is 24.3 Å². The van der Waals surface area contributed by atoms with E-state index < -0.39 is 0 Å². The zero-order chi connectivity index (χ0) is 25.9. The van der Waals surface area contributed by atoms with Crippen molar-refractivity contribution in [2.75, 3.05) is 40.6 Å². The molecule has 0 saturated heterocycles. The molecule has 2 unspecified atom stereocenters. The van der Waals surface area contributed by atoms with Crippen LogP contribution in [0.3, 0.4) is 0 Å². The van der Waals surface area contributed by atoms with E-state index in [9.17, 15) is 9.59 Å². The van der Waals surface area contributed by atoms with Crippen LogP contribution in [0.25, 0.3) is 0 Å². The van der Waals surface area contributed by atoms with Gasteiger partial charge in [0.25, 0.3) is 11.8 Å². The maximum atomic E-state index is 13.3. The van der Waals surface area contributed by atoms with Gasteiger partial charge in [-0.15, -0.1) is 0 Å². The first-order valence-electron chi connectivity index (χ1n) is 11.9. The molecule has 36 heavy (non-hydrogen) atoms. The summed E-state index contributed by atoms with van der Waals surface area (Å²) in [5.41, 5.74) is 0.855. The number of methoxy groups -OCH3 is 2. The Morgan fingerprint density at radius 2 is 1.17 bits per heavy atom. The zero-order valence-corrected chi connectivity index (χ0v) is 23.7. The van der Waals surface area contributed by atoms with Gasteiger partial charge >= 0.3 is 0 Å². The first-order valence-corrected chi connectivity index (χ1v) is 13.5. The topological polar surface area (TPSA) is 95.1 Å². The number of nitrogens with one attached hydrogen (secondary N) is 2. The number of carbonyl (C=O) groups excluding carboxylic acids is 2. The van der Waals surface area contributed by atoms with Gasteiger partial charge < -0.3 is 29.6 Å². The molecule has 2 amide bonds. The smallest absolute Gasteiger partial charge is 0.255 e. The summed E-state index contributed by atoms with van der Waals surface area (Å²) in [6.45, 7) is 1.51. The summed E-state index contributed by atoms with van der Waals surface area (Å²) in [6.07, 6.45) is 3.46. The van der Waals surface area contributed by atoms with Crippen LogP contribution in [0.4, 0.5) is 0 Å². The SMILES string of the molecule is COCCOc1ccc(Br)cc1C(=O)NC1CCCCC1NC(=O)c1cc(Br)ccc1OCCOC. The summed E-state index contributed by atoms with van der Waals surface area (Å²) in [7, 11) is 3.19. The second kappa shape index (κ2) is 14.6. The van der Waals surface area contributed by atoms with Crippen LogP contribution in [-0.4, -0.2) is 64.5 Å². The summed E-state index contributed by atoms with van der Waals surface area (Å²) in [5, 5.41) is 6.25. The second-order valence-corrected chi connectivity index (χ2v) is 10.2. The van der Waals surface area contributed by atoms with Crippen molar-refractivity contribution >= 4 is 43.7 Å². The van der Waals surface area contributed by atoms with Crippen molar-refractivity contribution in [2.24, 2.45) is 0 Å². The molecule has 0 radical (unpaired) electrons. The van der Waals surface area contributed by atoms with E-state index in [0.29, 0.717) is 49.1 Å². The highest BCUT2D eigenvalue weighted by molar-refractivity contribution is 9.10. The maximum absolute atomic E-state index is 13.3. The Morgan fingerprint density at radius 3 is 1.56 bits per heavy atom. The number of carbonyl (C=O) groups is 2. The number of hydrogen-bond donors (Lipinski definition) is 2. The minimum atomic E-state index is -0.249. The van der Waals surface area contributed by atoms with Crippen LogP contribution < -0.4 is 20.1 Å². The molecule has 0 heterocycles. The van der Waals surface area contributed by atoms with E-state index in [-0.39, 0.29) is 23.9 Å². The maximum Gasteiger partial charge on any atom is 0.255 e. The van der Waals surface area contributed by atoms with E-state index in [1.165, 1.54) is 0 Å². The Labute approximate surface area is 228 Å². The highest BCUT2D eigenvalue weighted by Gasteiger charge is 2.30. The highest BCUT2D eigenvalue weighted by Crippen LogP contribution is 2.27. The molecule has 0 spiro atoms. The fraction of sp³-hybridized carbons (Fsp3) is 0.462. The average Bonchev–Trinajstić information content (AvgIpc) is 2.87. The van der Waals surface area contributed by atoms with Gasteiger partial charge in [-0.05, 0) is 49.2 Å². The molecule has 196 valence electrons. The second-order valence-electron chi connectivity index (χ2n) is 8.41. The van der Waals surface area contributed by atoms with Gasteiger partial charge in [0, 0.05) is 35.2 Å². The standard InChI is InChI=1S/C26H32Br2N2O6/c1-33-11-13-35-23-9-7-17(27)15-19(23)25(31)29-21-5-3-4-6-22(21)30-26(32)20-16-18(28)8-10-24(20)36-14-12-34-2/h7-10,15-16,21-22H,3-6,11-14H2,1-2H3,(H,29,31)(H,30,32). The minimum Gasteiger partial charge on any atom is -0.490 e. The normalized spacial score (nSPS) is 17.3. The molecule has 0 bridgehead atoms. The van der Waals surface area contributed by atoms with Gasteiger partial charge in [0.1, 0.15) is 24.7 Å². The van der Waals surface area contributed by atoms with Crippen LogP contribution in [0, 0.1) is 0 Å². The Bertz CT molecular complexity index is 954. The van der Waals surface area contributed by atoms with Gasteiger partial charge in [0.2, 0.25) is 0 Å². The number of rotatable bonds is 12. The molecule has 0 aromatic heterocycles. The summed E-state index contributed by atoms with van der Waals surface area (Å²) in [5.74, 6) is 0.467. The molecule has 1 aliphatic rings. The number of amides is 2. The van der Waals surface area contributed by atoms with Crippen molar-refractivity contribution in [1.29, 1.82) is 0 Å². The lowest BCUT2D eigenvalue weighted by molar-refractivity contribution is 0.0855. The van der Waals surface area contributed by atoms with Crippen LogP contribution in [0.1, 0.15) is 46.4 Å². The lowest BCUT2D eigenvalue weighted by Gasteiger charge is -2.33. The monoisotopic (exact) mass is 626 g/mol. The van der Waals surface area contributed by atoms with Gasteiger partial charge in [-0.3, -0.25) is 9.59 Å². The molecule has 2 aromatic carbocycles. The molecule has 0 aliphatic heterocycles. The summed E-state index contributed by atoms with van der Waals surface area (Å²) in [4.78, 5) is 26.5. The molecule has 10 heteroatoms. The van der Waals surface area contributed by atoms with Gasteiger partial charge in [-0.2, -0.15) is 0 Å².